The summed E-state index contributed by atoms with van der Waals surface area (Å²) in [6, 6.07) is 14.8. The largest absolute Gasteiger partial charge is 0.330 e. The molecule has 0 aliphatic rings. The third-order valence-electron chi connectivity index (χ3n) is 2.29. The molecule has 0 aromatic heterocycles. The highest BCUT2D eigenvalue weighted by atomic mass is 79.9. The smallest absolute Gasteiger partial charge is 0.00365 e. The number of hydrogen-bond donors (Lipinski definition) is 1. The van der Waals surface area contributed by atoms with E-state index in [2.05, 4.69) is 42.5 Å². The van der Waals surface area contributed by atoms with E-state index in [4.69, 9.17) is 5.73 Å². The van der Waals surface area contributed by atoms with Gasteiger partial charge in [-0.05, 0) is 29.3 Å². The van der Waals surface area contributed by atoms with Crippen molar-refractivity contribution in [1.82, 2.24) is 0 Å². The summed E-state index contributed by atoms with van der Waals surface area (Å²) in [5.41, 5.74) is 6.90. The first-order chi connectivity index (χ1) is 6.42. The lowest BCUT2D eigenvalue weighted by atomic mass is 10.0. The van der Waals surface area contributed by atoms with Crippen molar-refractivity contribution in [2.24, 2.45) is 5.73 Å². The van der Waals surface area contributed by atoms with Crippen LogP contribution in [0.1, 0.15) is 5.56 Å². The van der Waals surface area contributed by atoms with E-state index in [0.717, 1.165) is 6.42 Å². The fourth-order valence-electron chi connectivity index (χ4n) is 1.67. The van der Waals surface area contributed by atoms with Crippen molar-refractivity contribution in [3.05, 3.63) is 48.0 Å². The maximum atomic E-state index is 5.55. The first-order valence-corrected chi connectivity index (χ1v) is 4.58. The molecule has 0 aliphatic carbocycles. The van der Waals surface area contributed by atoms with Crippen LogP contribution in [0.4, 0.5) is 0 Å². The van der Waals surface area contributed by atoms with E-state index in [1.807, 2.05) is 0 Å². The van der Waals surface area contributed by atoms with E-state index >= 15 is 0 Å². The Kier molecular flexibility index (Phi) is 4.11. The molecular formula is C12H14BrN. The molecule has 74 valence electrons. The van der Waals surface area contributed by atoms with Gasteiger partial charge in [0.15, 0.2) is 0 Å². The van der Waals surface area contributed by atoms with Gasteiger partial charge in [0.1, 0.15) is 0 Å². The Hall–Kier alpha value is -0.860. The molecule has 0 saturated carbocycles. The van der Waals surface area contributed by atoms with Crippen molar-refractivity contribution in [3.63, 3.8) is 0 Å². The second kappa shape index (κ2) is 5.13. The minimum Gasteiger partial charge on any atom is -0.330 e. The summed E-state index contributed by atoms with van der Waals surface area (Å²) in [4.78, 5) is 0. The van der Waals surface area contributed by atoms with Crippen molar-refractivity contribution in [3.8, 4) is 0 Å². The van der Waals surface area contributed by atoms with Crippen LogP contribution >= 0.6 is 17.0 Å². The van der Waals surface area contributed by atoms with Gasteiger partial charge in [-0.3, -0.25) is 0 Å². The topological polar surface area (TPSA) is 26.0 Å². The molecule has 2 aromatic carbocycles. The number of hydrogen-bond acceptors (Lipinski definition) is 1. The maximum absolute atomic E-state index is 5.55. The van der Waals surface area contributed by atoms with Gasteiger partial charge in [-0.2, -0.15) is 0 Å². The van der Waals surface area contributed by atoms with E-state index in [1.54, 1.807) is 0 Å². The summed E-state index contributed by atoms with van der Waals surface area (Å²) in [6.45, 7) is 0.716. The van der Waals surface area contributed by atoms with Crippen molar-refractivity contribution in [2.75, 3.05) is 6.54 Å². The summed E-state index contributed by atoms with van der Waals surface area (Å²) in [5, 5.41) is 2.63. The fraction of sp³-hybridized carbons (Fsp3) is 0.167. The molecular weight excluding hydrogens is 238 g/mol. The zero-order valence-corrected chi connectivity index (χ0v) is 9.65. The number of halogens is 1. The molecule has 0 heterocycles. The summed E-state index contributed by atoms with van der Waals surface area (Å²) >= 11 is 0. The van der Waals surface area contributed by atoms with Crippen molar-refractivity contribution >= 4 is 27.8 Å². The highest BCUT2D eigenvalue weighted by Gasteiger charge is 1.97. The van der Waals surface area contributed by atoms with Crippen LogP contribution < -0.4 is 5.73 Å². The van der Waals surface area contributed by atoms with Crippen LogP contribution in [0.5, 0.6) is 0 Å². The van der Waals surface area contributed by atoms with E-state index < -0.39 is 0 Å². The van der Waals surface area contributed by atoms with E-state index in [-0.39, 0.29) is 17.0 Å². The van der Waals surface area contributed by atoms with E-state index in [9.17, 15) is 0 Å². The van der Waals surface area contributed by atoms with Gasteiger partial charge in [0.05, 0.1) is 0 Å². The molecule has 0 unspecified atom stereocenters. The Morgan fingerprint density at radius 3 is 2.43 bits per heavy atom. The first-order valence-electron chi connectivity index (χ1n) is 4.58. The molecule has 0 spiro atoms. The lowest BCUT2D eigenvalue weighted by Crippen LogP contribution is -2.02. The Morgan fingerprint density at radius 1 is 0.929 bits per heavy atom. The predicted molar refractivity (Wildman–Crippen MR) is 67.0 cm³/mol. The molecule has 2 N–H and O–H groups in total. The van der Waals surface area contributed by atoms with Crippen LogP contribution in [-0.4, -0.2) is 6.54 Å². The quantitative estimate of drug-likeness (QED) is 0.873. The number of fused-ring (bicyclic) bond motifs is 1. The second-order valence-electron chi connectivity index (χ2n) is 3.18. The van der Waals surface area contributed by atoms with Gasteiger partial charge in [0, 0.05) is 0 Å². The molecule has 0 amide bonds. The molecule has 0 atom stereocenters. The van der Waals surface area contributed by atoms with Crippen LogP contribution in [0, 0.1) is 0 Å². The molecule has 0 bridgehead atoms. The van der Waals surface area contributed by atoms with Gasteiger partial charge < -0.3 is 5.73 Å². The minimum absolute atomic E-state index is 0. The third-order valence-corrected chi connectivity index (χ3v) is 2.29. The monoisotopic (exact) mass is 251 g/mol. The average molecular weight is 252 g/mol. The molecule has 0 radical (unpaired) electrons. The molecule has 2 rings (SSSR count). The molecule has 0 saturated heterocycles. The highest BCUT2D eigenvalue weighted by Crippen LogP contribution is 2.18. The van der Waals surface area contributed by atoms with E-state index in [0.29, 0.717) is 6.54 Å². The zero-order valence-electron chi connectivity index (χ0n) is 7.94. The fourth-order valence-corrected chi connectivity index (χ4v) is 1.67. The Bertz CT molecular complexity index is 406. The molecule has 1 nitrogen and oxygen atoms in total. The summed E-state index contributed by atoms with van der Waals surface area (Å²) in [5.74, 6) is 0. The number of rotatable bonds is 2. The number of nitrogens with two attached hydrogens (primary N) is 1. The van der Waals surface area contributed by atoms with Crippen LogP contribution in [0.2, 0.25) is 0 Å². The molecule has 0 fully saturated rings. The van der Waals surface area contributed by atoms with Crippen LogP contribution in [-0.2, 0) is 6.42 Å². The lowest BCUT2D eigenvalue weighted by molar-refractivity contribution is 0.977. The normalized spacial score (nSPS) is 9.79. The highest BCUT2D eigenvalue weighted by molar-refractivity contribution is 8.93. The summed E-state index contributed by atoms with van der Waals surface area (Å²) in [7, 11) is 0. The van der Waals surface area contributed by atoms with Gasteiger partial charge >= 0.3 is 0 Å². The second-order valence-corrected chi connectivity index (χ2v) is 3.18. The van der Waals surface area contributed by atoms with Crippen LogP contribution in [0.25, 0.3) is 10.8 Å². The molecule has 14 heavy (non-hydrogen) atoms. The molecule has 2 aromatic rings. The Labute approximate surface area is 94.7 Å². The standard InChI is InChI=1S/C12H13N.BrH/c13-9-8-11-6-3-5-10-4-1-2-7-12(10)11;/h1-7H,8-9,13H2;1H. The van der Waals surface area contributed by atoms with Gasteiger partial charge in [-0.1, -0.05) is 42.5 Å². The van der Waals surface area contributed by atoms with Gasteiger partial charge in [0.2, 0.25) is 0 Å². The van der Waals surface area contributed by atoms with Gasteiger partial charge in [-0.15, -0.1) is 17.0 Å². The van der Waals surface area contributed by atoms with Crippen LogP contribution in [0.15, 0.2) is 42.5 Å². The number of benzene rings is 2. The zero-order chi connectivity index (χ0) is 9.10. The Morgan fingerprint density at radius 2 is 1.64 bits per heavy atom. The Balaban J connectivity index is 0.000000980. The van der Waals surface area contributed by atoms with Crippen molar-refractivity contribution in [2.45, 2.75) is 6.42 Å². The third kappa shape index (κ3) is 2.14. The van der Waals surface area contributed by atoms with Crippen molar-refractivity contribution in [1.29, 1.82) is 0 Å². The van der Waals surface area contributed by atoms with Crippen molar-refractivity contribution < 1.29 is 0 Å². The average Bonchev–Trinajstić information content (AvgIpc) is 2.19. The van der Waals surface area contributed by atoms with E-state index in [1.165, 1.54) is 16.3 Å². The van der Waals surface area contributed by atoms with Gasteiger partial charge in [-0.25, -0.2) is 0 Å². The predicted octanol–water partition coefficient (Wildman–Crippen LogP) is 2.92. The molecule has 2 heteroatoms. The lowest BCUT2D eigenvalue weighted by Gasteiger charge is -2.03. The maximum Gasteiger partial charge on any atom is -0.00365 e. The first kappa shape index (κ1) is 11.2. The summed E-state index contributed by atoms with van der Waals surface area (Å²) in [6.07, 6.45) is 0.960. The summed E-state index contributed by atoms with van der Waals surface area (Å²) < 4.78 is 0. The van der Waals surface area contributed by atoms with Crippen LogP contribution in [0.3, 0.4) is 0 Å². The van der Waals surface area contributed by atoms with Gasteiger partial charge in [0.25, 0.3) is 0 Å². The molecule has 0 aliphatic heterocycles. The SMILES string of the molecule is Br.NCCc1cccc2ccccc12. The minimum atomic E-state index is 0.